The first-order valence-corrected chi connectivity index (χ1v) is 9.50. The van der Waals surface area contributed by atoms with Crippen molar-refractivity contribution in [1.29, 1.82) is 0 Å². The van der Waals surface area contributed by atoms with Crippen LogP contribution in [-0.4, -0.2) is 32.8 Å². The van der Waals surface area contributed by atoms with Gasteiger partial charge in [-0.1, -0.05) is 12.1 Å². The number of likely N-dealkylation sites (tertiary alicyclic amines) is 1. The lowest BCUT2D eigenvalue weighted by molar-refractivity contribution is 0.204. The van der Waals surface area contributed by atoms with Gasteiger partial charge in [-0.15, -0.1) is 11.3 Å². The highest BCUT2D eigenvalue weighted by molar-refractivity contribution is 7.18. The normalized spacial score (nSPS) is 17.0. The van der Waals surface area contributed by atoms with E-state index in [1.54, 1.807) is 0 Å². The van der Waals surface area contributed by atoms with Gasteiger partial charge >= 0.3 is 0 Å². The Morgan fingerprint density at radius 3 is 2.58 bits per heavy atom. The van der Waals surface area contributed by atoms with Gasteiger partial charge in [0.1, 0.15) is 0 Å². The minimum Gasteiger partial charge on any atom is -0.299 e. The van der Waals surface area contributed by atoms with Gasteiger partial charge in [0.2, 0.25) is 0 Å². The van der Waals surface area contributed by atoms with Crippen LogP contribution in [0.2, 0.25) is 0 Å². The molecule has 0 unspecified atom stereocenters. The summed E-state index contributed by atoms with van der Waals surface area (Å²) in [6.45, 7) is 7.61. The van der Waals surface area contributed by atoms with Crippen molar-refractivity contribution in [2.75, 3.05) is 13.1 Å². The molecule has 0 atom stereocenters. The molecule has 1 saturated heterocycles. The summed E-state index contributed by atoms with van der Waals surface area (Å²) in [6.07, 6.45) is 2.41. The Kier molecular flexibility index (Phi) is 4.14. The van der Waals surface area contributed by atoms with Gasteiger partial charge in [0, 0.05) is 30.8 Å². The number of para-hydroxylation sites is 1. The molecule has 0 radical (unpaired) electrons. The summed E-state index contributed by atoms with van der Waals surface area (Å²) in [5.74, 6) is 0.620. The third-order valence-corrected chi connectivity index (χ3v) is 6.49. The van der Waals surface area contributed by atoms with Crippen molar-refractivity contribution in [3.05, 3.63) is 46.2 Å². The number of aromatic nitrogens is 3. The average Bonchev–Trinajstić information content (AvgIpc) is 3.12. The van der Waals surface area contributed by atoms with Crippen LogP contribution >= 0.6 is 11.3 Å². The summed E-state index contributed by atoms with van der Waals surface area (Å²) < 4.78 is 3.31. The molecule has 5 heteroatoms. The van der Waals surface area contributed by atoms with E-state index in [2.05, 4.69) is 48.1 Å². The van der Waals surface area contributed by atoms with E-state index in [1.165, 1.54) is 39.5 Å². The van der Waals surface area contributed by atoms with Crippen molar-refractivity contribution in [2.45, 2.75) is 39.2 Å². The van der Waals surface area contributed by atoms with E-state index in [-0.39, 0.29) is 0 Å². The maximum atomic E-state index is 4.86. The Labute approximate surface area is 147 Å². The van der Waals surface area contributed by atoms with Gasteiger partial charge in [0.05, 0.1) is 20.9 Å². The third-order valence-electron chi connectivity index (χ3n) is 5.29. The molecule has 0 bridgehead atoms. The second-order valence-electron chi connectivity index (χ2n) is 6.84. The lowest BCUT2D eigenvalue weighted by Crippen LogP contribution is -2.32. The van der Waals surface area contributed by atoms with Gasteiger partial charge < -0.3 is 0 Å². The quantitative estimate of drug-likeness (QED) is 0.722. The number of benzene rings is 1. The molecule has 3 aromatic rings. The Bertz CT molecular complexity index is 823. The molecule has 0 saturated carbocycles. The molecular formula is C19H24N4S. The van der Waals surface area contributed by atoms with Crippen LogP contribution in [-0.2, 0) is 13.6 Å². The molecule has 4 nitrogen and oxygen atoms in total. The highest BCUT2D eigenvalue weighted by Gasteiger charge is 2.24. The van der Waals surface area contributed by atoms with Gasteiger partial charge in [-0.2, -0.15) is 5.10 Å². The zero-order valence-corrected chi connectivity index (χ0v) is 15.4. The minimum atomic E-state index is 0.620. The standard InChI is InChI=1S/C19H24N4S/c1-13-16(14(2)22(3)21-13)12-23-10-8-15(9-11-23)19-20-17-6-4-5-7-18(17)24-19/h4-7,15H,8-12H2,1-3H3. The van der Waals surface area contributed by atoms with E-state index in [4.69, 9.17) is 4.98 Å². The van der Waals surface area contributed by atoms with Gasteiger partial charge in [-0.3, -0.25) is 9.58 Å². The molecule has 126 valence electrons. The Morgan fingerprint density at radius 2 is 1.92 bits per heavy atom. The fourth-order valence-corrected chi connectivity index (χ4v) is 4.81. The molecule has 4 rings (SSSR count). The maximum absolute atomic E-state index is 4.86. The number of fused-ring (bicyclic) bond motifs is 1. The van der Waals surface area contributed by atoms with E-state index >= 15 is 0 Å². The molecule has 0 amide bonds. The van der Waals surface area contributed by atoms with Gasteiger partial charge in [-0.25, -0.2) is 4.98 Å². The summed E-state index contributed by atoms with van der Waals surface area (Å²) in [7, 11) is 2.03. The van der Waals surface area contributed by atoms with E-state index in [0.29, 0.717) is 5.92 Å². The highest BCUT2D eigenvalue weighted by Crippen LogP contribution is 2.34. The first-order chi connectivity index (χ1) is 11.6. The molecule has 3 heterocycles. The summed E-state index contributed by atoms with van der Waals surface area (Å²) in [6, 6.07) is 8.48. The number of thiazole rings is 1. The lowest BCUT2D eigenvalue weighted by atomic mass is 9.97. The van der Waals surface area contributed by atoms with Crippen LogP contribution < -0.4 is 0 Å². The van der Waals surface area contributed by atoms with Crippen molar-refractivity contribution < 1.29 is 0 Å². The largest absolute Gasteiger partial charge is 0.299 e. The zero-order chi connectivity index (χ0) is 16.7. The van der Waals surface area contributed by atoms with Crippen LogP contribution in [0.5, 0.6) is 0 Å². The Balaban J connectivity index is 1.43. The van der Waals surface area contributed by atoms with Gasteiger partial charge in [-0.05, 0) is 51.9 Å². The van der Waals surface area contributed by atoms with Crippen molar-refractivity contribution in [1.82, 2.24) is 19.7 Å². The predicted molar refractivity (Wildman–Crippen MR) is 99.6 cm³/mol. The molecule has 24 heavy (non-hydrogen) atoms. The lowest BCUT2D eigenvalue weighted by Gasteiger charge is -2.31. The van der Waals surface area contributed by atoms with Crippen LogP contribution in [0, 0.1) is 13.8 Å². The van der Waals surface area contributed by atoms with E-state index in [1.807, 2.05) is 23.1 Å². The Hall–Kier alpha value is -1.72. The van der Waals surface area contributed by atoms with Crippen LogP contribution in [0.4, 0.5) is 0 Å². The number of aryl methyl sites for hydroxylation is 2. The molecule has 0 spiro atoms. The van der Waals surface area contributed by atoms with Crippen LogP contribution in [0.25, 0.3) is 10.2 Å². The fourth-order valence-electron chi connectivity index (χ4n) is 3.67. The average molecular weight is 340 g/mol. The molecule has 2 aromatic heterocycles. The number of piperidine rings is 1. The highest BCUT2D eigenvalue weighted by atomic mass is 32.1. The fraction of sp³-hybridized carbons (Fsp3) is 0.474. The summed E-state index contributed by atoms with van der Waals surface area (Å²) >= 11 is 1.87. The van der Waals surface area contributed by atoms with Crippen LogP contribution in [0.3, 0.4) is 0 Å². The number of nitrogens with zero attached hydrogens (tertiary/aromatic N) is 4. The number of hydrogen-bond acceptors (Lipinski definition) is 4. The maximum Gasteiger partial charge on any atom is 0.0970 e. The van der Waals surface area contributed by atoms with Crippen molar-refractivity contribution in [3.8, 4) is 0 Å². The molecule has 0 aliphatic carbocycles. The van der Waals surface area contributed by atoms with Gasteiger partial charge in [0.25, 0.3) is 0 Å². The predicted octanol–water partition coefficient (Wildman–Crippen LogP) is 4.03. The van der Waals surface area contributed by atoms with Gasteiger partial charge in [0.15, 0.2) is 0 Å². The zero-order valence-electron chi connectivity index (χ0n) is 14.6. The number of hydrogen-bond donors (Lipinski definition) is 0. The molecular weight excluding hydrogens is 316 g/mol. The topological polar surface area (TPSA) is 34.0 Å². The first-order valence-electron chi connectivity index (χ1n) is 8.68. The summed E-state index contributed by atoms with van der Waals surface area (Å²) in [5.41, 5.74) is 5.02. The SMILES string of the molecule is Cc1nn(C)c(C)c1CN1CCC(c2nc3ccccc3s2)CC1. The van der Waals surface area contributed by atoms with Crippen molar-refractivity contribution in [2.24, 2.45) is 7.05 Å². The van der Waals surface area contributed by atoms with Crippen molar-refractivity contribution in [3.63, 3.8) is 0 Å². The van der Waals surface area contributed by atoms with E-state index in [9.17, 15) is 0 Å². The molecule has 1 aliphatic rings. The summed E-state index contributed by atoms with van der Waals surface area (Å²) in [4.78, 5) is 7.43. The third kappa shape index (κ3) is 2.87. The monoisotopic (exact) mass is 340 g/mol. The van der Waals surface area contributed by atoms with Crippen LogP contribution in [0.1, 0.15) is 40.7 Å². The molecule has 0 N–H and O–H groups in total. The molecule has 1 fully saturated rings. The number of rotatable bonds is 3. The second kappa shape index (κ2) is 6.30. The van der Waals surface area contributed by atoms with E-state index < -0.39 is 0 Å². The molecule has 1 aromatic carbocycles. The first kappa shape index (κ1) is 15.8. The summed E-state index contributed by atoms with van der Waals surface area (Å²) in [5, 5.41) is 5.87. The van der Waals surface area contributed by atoms with E-state index in [0.717, 1.165) is 25.2 Å². The smallest absolute Gasteiger partial charge is 0.0970 e. The van der Waals surface area contributed by atoms with Crippen LogP contribution in [0.15, 0.2) is 24.3 Å². The minimum absolute atomic E-state index is 0.620. The van der Waals surface area contributed by atoms with Crippen molar-refractivity contribution >= 4 is 21.6 Å². The molecule has 1 aliphatic heterocycles. The second-order valence-corrected chi connectivity index (χ2v) is 7.91. The Morgan fingerprint density at radius 1 is 1.17 bits per heavy atom.